The zero-order chi connectivity index (χ0) is 41.8. The van der Waals surface area contributed by atoms with Crippen molar-refractivity contribution in [3.8, 4) is 0 Å². The zero-order valence-corrected chi connectivity index (χ0v) is 38.2. The van der Waals surface area contributed by atoms with Crippen LogP contribution in [0.4, 0.5) is 0 Å². The SMILES string of the molecule is CCCCCCCCCC/C=C/CCCCCC(=O)O[C@@H](COC(=O)CCCCCCCCCCCCCCCCCCCCCCC)COP(=O)(O)OCCN. The second kappa shape index (κ2) is 44.3. The molecule has 0 aromatic carbocycles. The van der Waals surface area contributed by atoms with E-state index in [2.05, 4.69) is 26.0 Å². The lowest BCUT2D eigenvalue weighted by molar-refractivity contribution is -0.161. The summed E-state index contributed by atoms with van der Waals surface area (Å²) in [7, 11) is -4.38. The van der Waals surface area contributed by atoms with Gasteiger partial charge >= 0.3 is 19.8 Å². The van der Waals surface area contributed by atoms with Crippen LogP contribution in [0.5, 0.6) is 0 Å². The quantitative estimate of drug-likeness (QED) is 0.0266. The molecule has 0 heterocycles. The lowest BCUT2D eigenvalue weighted by atomic mass is 10.0. The molecule has 0 rings (SSSR count). The molecule has 0 aliphatic carbocycles. The van der Waals surface area contributed by atoms with Crippen molar-refractivity contribution in [1.82, 2.24) is 0 Å². The van der Waals surface area contributed by atoms with E-state index < -0.39 is 26.5 Å². The molecule has 0 aromatic rings. The van der Waals surface area contributed by atoms with Crippen molar-refractivity contribution in [3.05, 3.63) is 12.2 Å². The molecule has 0 amide bonds. The summed E-state index contributed by atoms with van der Waals surface area (Å²) in [4.78, 5) is 34.9. The first-order valence-corrected chi connectivity index (χ1v) is 25.7. The van der Waals surface area contributed by atoms with Gasteiger partial charge in [0.05, 0.1) is 13.2 Å². The molecule has 338 valence electrons. The number of carbonyl (C=O) groups is 2. The van der Waals surface area contributed by atoms with Gasteiger partial charge < -0.3 is 20.1 Å². The number of phosphoric ester groups is 1. The molecule has 2 atom stereocenters. The van der Waals surface area contributed by atoms with E-state index in [1.165, 1.54) is 167 Å². The summed E-state index contributed by atoms with van der Waals surface area (Å²) >= 11 is 0. The van der Waals surface area contributed by atoms with Crippen LogP contribution in [-0.4, -0.2) is 49.3 Å². The van der Waals surface area contributed by atoms with E-state index in [-0.39, 0.29) is 38.6 Å². The van der Waals surface area contributed by atoms with Gasteiger partial charge in [-0.25, -0.2) is 4.57 Å². The van der Waals surface area contributed by atoms with Crippen molar-refractivity contribution < 1.29 is 37.6 Å². The van der Waals surface area contributed by atoms with Gasteiger partial charge in [0, 0.05) is 19.4 Å². The summed E-state index contributed by atoms with van der Waals surface area (Å²) in [6.07, 6.45) is 46.8. The normalized spacial score (nSPS) is 13.3. The summed E-state index contributed by atoms with van der Waals surface area (Å²) in [6, 6.07) is 0. The van der Waals surface area contributed by atoms with Crippen molar-refractivity contribution in [1.29, 1.82) is 0 Å². The van der Waals surface area contributed by atoms with Crippen LogP contribution in [0.25, 0.3) is 0 Å². The van der Waals surface area contributed by atoms with Crippen molar-refractivity contribution in [2.45, 2.75) is 251 Å². The maximum atomic E-state index is 12.6. The van der Waals surface area contributed by atoms with Crippen molar-refractivity contribution >= 4 is 19.8 Å². The predicted octanol–water partition coefficient (Wildman–Crippen LogP) is 14.2. The topological polar surface area (TPSA) is 134 Å². The van der Waals surface area contributed by atoms with Gasteiger partial charge in [-0.3, -0.25) is 18.6 Å². The van der Waals surface area contributed by atoms with Crippen molar-refractivity contribution in [2.75, 3.05) is 26.4 Å². The van der Waals surface area contributed by atoms with Crippen LogP contribution in [0, 0.1) is 0 Å². The minimum atomic E-state index is -4.38. The third-order valence-corrected chi connectivity index (χ3v) is 11.6. The van der Waals surface area contributed by atoms with E-state index in [1.807, 2.05) is 0 Å². The van der Waals surface area contributed by atoms with Gasteiger partial charge in [-0.15, -0.1) is 0 Å². The summed E-state index contributed by atoms with van der Waals surface area (Å²) in [5.41, 5.74) is 5.36. The van der Waals surface area contributed by atoms with E-state index in [1.54, 1.807) is 0 Å². The van der Waals surface area contributed by atoms with Crippen LogP contribution in [0.2, 0.25) is 0 Å². The Bertz CT molecular complexity index is 948. The number of hydrogen-bond acceptors (Lipinski definition) is 8. The van der Waals surface area contributed by atoms with Crippen LogP contribution in [0.3, 0.4) is 0 Å². The zero-order valence-electron chi connectivity index (χ0n) is 37.3. The molecule has 0 saturated carbocycles. The third kappa shape index (κ3) is 44.1. The Hall–Kier alpha value is -1.25. The fourth-order valence-corrected chi connectivity index (χ4v) is 7.81. The Labute approximate surface area is 351 Å². The molecule has 0 radical (unpaired) electrons. The Morgan fingerprint density at radius 1 is 0.509 bits per heavy atom. The van der Waals surface area contributed by atoms with Crippen molar-refractivity contribution in [2.24, 2.45) is 5.73 Å². The molecule has 0 saturated heterocycles. The highest BCUT2D eigenvalue weighted by molar-refractivity contribution is 7.47. The molecular formula is C47H92NO8P. The number of carbonyl (C=O) groups excluding carboxylic acids is 2. The number of hydrogen-bond donors (Lipinski definition) is 2. The minimum absolute atomic E-state index is 0.0541. The summed E-state index contributed by atoms with van der Waals surface area (Å²) in [5, 5.41) is 0. The molecule has 57 heavy (non-hydrogen) atoms. The lowest BCUT2D eigenvalue weighted by Gasteiger charge is -2.19. The van der Waals surface area contributed by atoms with Gasteiger partial charge in [0.1, 0.15) is 6.61 Å². The number of allylic oxidation sites excluding steroid dienone is 2. The molecule has 0 fully saturated rings. The van der Waals surface area contributed by atoms with Crippen molar-refractivity contribution in [3.63, 3.8) is 0 Å². The molecule has 0 bridgehead atoms. The average Bonchev–Trinajstić information content (AvgIpc) is 3.20. The van der Waals surface area contributed by atoms with Gasteiger partial charge in [-0.05, 0) is 38.5 Å². The van der Waals surface area contributed by atoms with Crippen LogP contribution in [0.15, 0.2) is 12.2 Å². The van der Waals surface area contributed by atoms with E-state index >= 15 is 0 Å². The highest BCUT2D eigenvalue weighted by Gasteiger charge is 2.26. The van der Waals surface area contributed by atoms with Crippen LogP contribution in [0.1, 0.15) is 245 Å². The second-order valence-electron chi connectivity index (χ2n) is 16.3. The first-order valence-electron chi connectivity index (χ1n) is 24.2. The van der Waals surface area contributed by atoms with E-state index in [4.69, 9.17) is 24.3 Å². The number of rotatable bonds is 46. The van der Waals surface area contributed by atoms with Gasteiger partial charge in [0.15, 0.2) is 6.10 Å². The Morgan fingerprint density at radius 2 is 0.860 bits per heavy atom. The van der Waals surface area contributed by atoms with Crippen LogP contribution >= 0.6 is 7.82 Å². The number of esters is 2. The summed E-state index contributed by atoms with van der Waals surface area (Å²) < 4.78 is 32.8. The first kappa shape index (κ1) is 55.8. The third-order valence-electron chi connectivity index (χ3n) is 10.7. The highest BCUT2D eigenvalue weighted by atomic mass is 31.2. The smallest absolute Gasteiger partial charge is 0.462 e. The van der Waals surface area contributed by atoms with Gasteiger partial charge in [0.2, 0.25) is 0 Å². The predicted molar refractivity (Wildman–Crippen MR) is 238 cm³/mol. The Morgan fingerprint density at radius 3 is 1.26 bits per heavy atom. The monoisotopic (exact) mass is 830 g/mol. The Kier molecular flexibility index (Phi) is 43.3. The second-order valence-corrected chi connectivity index (χ2v) is 17.8. The molecule has 0 aliphatic rings. The van der Waals surface area contributed by atoms with Gasteiger partial charge in [-0.2, -0.15) is 0 Å². The lowest BCUT2D eigenvalue weighted by Crippen LogP contribution is -2.29. The maximum Gasteiger partial charge on any atom is 0.472 e. The largest absolute Gasteiger partial charge is 0.472 e. The summed E-state index contributed by atoms with van der Waals surface area (Å²) in [5.74, 6) is -0.833. The van der Waals surface area contributed by atoms with Gasteiger partial charge in [-0.1, -0.05) is 206 Å². The highest BCUT2D eigenvalue weighted by Crippen LogP contribution is 2.43. The van der Waals surface area contributed by atoms with E-state index in [0.717, 1.165) is 44.9 Å². The minimum Gasteiger partial charge on any atom is -0.462 e. The fraction of sp³-hybridized carbons (Fsp3) is 0.915. The molecule has 0 aromatic heterocycles. The molecular weight excluding hydrogens is 737 g/mol. The standard InChI is InChI=1S/C47H92NO8P/c1-3-5-7-9-11-13-15-17-19-20-21-22-23-24-26-27-29-31-33-35-37-39-46(49)53-43-45(44-55-57(51,52)54-42-41-48)56-47(50)40-38-36-34-32-30-28-25-18-16-14-12-10-8-6-4-2/h28,30,45H,3-27,29,31-44,48H2,1-2H3,(H,51,52)/b30-28+/t45-/m0/s1. The van der Waals surface area contributed by atoms with Gasteiger partial charge in [0.25, 0.3) is 0 Å². The number of ether oxygens (including phenoxy) is 2. The van der Waals surface area contributed by atoms with E-state index in [0.29, 0.717) is 6.42 Å². The number of nitrogens with two attached hydrogens (primary N) is 1. The van der Waals surface area contributed by atoms with Crippen LogP contribution < -0.4 is 5.73 Å². The molecule has 3 N–H and O–H groups in total. The summed E-state index contributed by atoms with van der Waals surface area (Å²) in [6.45, 7) is 3.76. The number of phosphoric acid groups is 1. The average molecular weight is 830 g/mol. The van der Waals surface area contributed by atoms with Crippen LogP contribution in [-0.2, 0) is 32.7 Å². The molecule has 0 spiro atoms. The molecule has 1 unspecified atom stereocenters. The first-order chi connectivity index (χ1) is 27.8. The number of unbranched alkanes of at least 4 members (excludes halogenated alkanes) is 31. The maximum absolute atomic E-state index is 12.6. The van der Waals surface area contributed by atoms with E-state index in [9.17, 15) is 19.0 Å². The fourth-order valence-electron chi connectivity index (χ4n) is 7.04. The molecule has 0 aliphatic heterocycles. The molecule has 10 heteroatoms. The molecule has 9 nitrogen and oxygen atoms in total. The Balaban J connectivity index is 4.03.